The van der Waals surface area contributed by atoms with Gasteiger partial charge in [0.1, 0.15) is 30.5 Å². The Bertz CT molecular complexity index is 1190. The minimum atomic E-state index is -0.916. The van der Waals surface area contributed by atoms with E-state index in [2.05, 4.69) is 0 Å². The largest absolute Gasteiger partial charge is 0.462 e. The highest BCUT2D eigenvalue weighted by Gasteiger charge is 2.83. The third-order valence-corrected chi connectivity index (χ3v) is 9.62. The normalized spacial score (nSPS) is 44.5. The number of allylic oxidation sites excluding steroid dienone is 2. The van der Waals surface area contributed by atoms with Crippen LogP contribution in [-0.4, -0.2) is 85.1 Å². The molecule has 3 heterocycles. The molecule has 5 rings (SSSR count). The van der Waals surface area contributed by atoms with Gasteiger partial charge in [-0.15, -0.1) is 0 Å². The maximum absolute atomic E-state index is 13.1. The van der Waals surface area contributed by atoms with Crippen molar-refractivity contribution in [2.24, 2.45) is 10.8 Å². The van der Waals surface area contributed by atoms with Crippen LogP contribution in [0.5, 0.6) is 0 Å². The van der Waals surface area contributed by atoms with E-state index in [1.807, 2.05) is 26.8 Å². The van der Waals surface area contributed by atoms with Crippen LogP contribution in [0.3, 0.4) is 0 Å². The van der Waals surface area contributed by atoms with Gasteiger partial charge in [-0.2, -0.15) is 0 Å². The molecule has 2 bridgehead atoms. The number of hydrogen-bond acceptors (Lipinski definition) is 10. The molecule has 0 aromatic carbocycles. The maximum Gasteiger partial charge on any atom is 0.331 e. The number of ether oxygens (including phenoxy) is 6. The average molecular weight is 573 g/mol. The summed E-state index contributed by atoms with van der Waals surface area (Å²) in [6, 6.07) is 0. The third kappa shape index (κ3) is 5.20. The molecule has 0 aromatic heterocycles. The van der Waals surface area contributed by atoms with Gasteiger partial charge in [0, 0.05) is 31.9 Å². The number of aliphatic hydroxyl groups is 1. The quantitative estimate of drug-likeness (QED) is 0.228. The van der Waals surface area contributed by atoms with Gasteiger partial charge in [0.05, 0.1) is 42.4 Å². The van der Waals surface area contributed by atoms with E-state index >= 15 is 0 Å². The molecule has 10 nitrogen and oxygen atoms in total. The van der Waals surface area contributed by atoms with E-state index < -0.39 is 64.9 Å². The van der Waals surface area contributed by atoms with Crippen LogP contribution < -0.4 is 0 Å². The van der Waals surface area contributed by atoms with Crippen molar-refractivity contribution in [2.75, 3.05) is 19.8 Å². The van der Waals surface area contributed by atoms with Crippen LogP contribution in [-0.2, 0) is 42.8 Å². The SMILES string of the molecule is CC(=O)O[C@H]1C[C@@]23COC(=O)/C=C(\C)CCO[C@H]([C@H](C)O)/C=C/C=C\C(=O)O[C@@H]4C[C@@H](O[C@@H]2C=C1C)[C@]1(CO1)[C@]43C. The van der Waals surface area contributed by atoms with Crippen molar-refractivity contribution in [3.8, 4) is 0 Å². The van der Waals surface area contributed by atoms with E-state index in [-0.39, 0.29) is 19.3 Å². The Kier molecular flexibility index (Phi) is 8.06. The Balaban J connectivity index is 1.55. The van der Waals surface area contributed by atoms with Crippen molar-refractivity contribution in [1.82, 2.24) is 0 Å². The summed E-state index contributed by atoms with van der Waals surface area (Å²) in [4.78, 5) is 38.2. The highest BCUT2D eigenvalue weighted by atomic mass is 16.6. The van der Waals surface area contributed by atoms with E-state index in [0.717, 1.165) is 11.1 Å². The lowest BCUT2D eigenvalue weighted by Gasteiger charge is -2.59. The van der Waals surface area contributed by atoms with Gasteiger partial charge in [-0.05, 0) is 32.8 Å². The molecule has 3 aliphatic heterocycles. The van der Waals surface area contributed by atoms with Gasteiger partial charge >= 0.3 is 17.9 Å². The van der Waals surface area contributed by atoms with E-state index in [4.69, 9.17) is 28.4 Å². The lowest BCUT2D eigenvalue weighted by molar-refractivity contribution is -0.239. The molecule has 0 unspecified atom stereocenters. The molecule has 2 spiro atoms. The van der Waals surface area contributed by atoms with Gasteiger partial charge in [0.2, 0.25) is 0 Å². The summed E-state index contributed by atoms with van der Waals surface area (Å²) in [7, 11) is 0. The Morgan fingerprint density at radius 2 is 1.90 bits per heavy atom. The van der Waals surface area contributed by atoms with Crippen LogP contribution in [0, 0.1) is 10.8 Å². The van der Waals surface area contributed by atoms with Crippen LogP contribution in [0.2, 0.25) is 0 Å². The predicted octanol–water partition coefficient (Wildman–Crippen LogP) is 2.88. The van der Waals surface area contributed by atoms with Crippen molar-refractivity contribution in [1.29, 1.82) is 0 Å². The molecular formula is C31H40O10. The fourth-order valence-corrected chi connectivity index (χ4v) is 7.17. The van der Waals surface area contributed by atoms with E-state index in [1.165, 1.54) is 19.1 Å². The van der Waals surface area contributed by atoms with Crippen LogP contribution >= 0.6 is 0 Å². The highest BCUT2D eigenvalue weighted by Crippen LogP contribution is 2.72. The Morgan fingerprint density at radius 1 is 1.15 bits per heavy atom. The number of carbonyl (C=O) groups is 3. The summed E-state index contributed by atoms with van der Waals surface area (Å²) in [6.45, 7) is 9.36. The minimum absolute atomic E-state index is 0.0522. The van der Waals surface area contributed by atoms with Crippen LogP contribution in [0.1, 0.15) is 53.9 Å². The molecule has 41 heavy (non-hydrogen) atoms. The van der Waals surface area contributed by atoms with Crippen LogP contribution in [0.15, 0.2) is 47.6 Å². The molecule has 5 aliphatic rings. The zero-order valence-corrected chi connectivity index (χ0v) is 24.3. The van der Waals surface area contributed by atoms with E-state index in [9.17, 15) is 19.5 Å². The van der Waals surface area contributed by atoms with Gasteiger partial charge in [0.25, 0.3) is 0 Å². The zero-order valence-electron chi connectivity index (χ0n) is 24.3. The number of epoxide rings is 1. The number of carbonyl (C=O) groups excluding carboxylic acids is 3. The standard InChI is InChI=1S/C31H40O10/c1-18-10-11-36-22(20(3)32)8-6-7-9-27(34)41-24-14-26-31(17-38-31)29(24,5)30(16-37-28(35)12-18)15-23(39-21(4)33)19(2)13-25(30)40-26/h6-9,12-13,20,22-26,32H,10-11,14-17H2,1-5H3/b8-6+,9-7-,18-12+/t20-,22-,23-,24+,25+,26+,29+,30+,31+/m0/s1. The predicted molar refractivity (Wildman–Crippen MR) is 145 cm³/mol. The molecule has 0 aromatic rings. The van der Waals surface area contributed by atoms with Gasteiger partial charge in [-0.1, -0.05) is 36.8 Å². The van der Waals surface area contributed by atoms with Crippen molar-refractivity contribution in [3.63, 3.8) is 0 Å². The first-order valence-corrected chi connectivity index (χ1v) is 14.3. The van der Waals surface area contributed by atoms with Crippen molar-refractivity contribution < 1.29 is 47.9 Å². The molecule has 224 valence electrons. The smallest absolute Gasteiger partial charge is 0.331 e. The van der Waals surface area contributed by atoms with Crippen molar-refractivity contribution in [2.45, 2.75) is 96.1 Å². The fraction of sp³-hybridized carbons (Fsp3) is 0.645. The molecule has 1 N–H and O–H groups in total. The number of esters is 3. The van der Waals surface area contributed by atoms with Gasteiger partial charge in [-0.25, -0.2) is 9.59 Å². The molecule has 0 amide bonds. The number of hydrogen-bond donors (Lipinski definition) is 1. The van der Waals surface area contributed by atoms with E-state index in [0.29, 0.717) is 25.9 Å². The number of aliphatic hydroxyl groups excluding tert-OH is 1. The molecule has 3 fully saturated rings. The van der Waals surface area contributed by atoms with Crippen LogP contribution in [0.4, 0.5) is 0 Å². The molecule has 10 heteroatoms. The molecule has 2 aliphatic carbocycles. The van der Waals surface area contributed by atoms with Gasteiger partial charge < -0.3 is 33.5 Å². The third-order valence-electron chi connectivity index (χ3n) is 9.62. The lowest BCUT2D eigenvalue weighted by Crippen LogP contribution is -2.68. The lowest BCUT2D eigenvalue weighted by atomic mass is 9.51. The van der Waals surface area contributed by atoms with Gasteiger partial charge in [-0.3, -0.25) is 4.79 Å². The summed E-state index contributed by atoms with van der Waals surface area (Å²) >= 11 is 0. The zero-order chi connectivity index (χ0) is 29.6. The first kappa shape index (κ1) is 29.7. The topological polar surface area (TPSA) is 130 Å². The monoisotopic (exact) mass is 572 g/mol. The van der Waals surface area contributed by atoms with E-state index in [1.54, 1.807) is 25.2 Å². The van der Waals surface area contributed by atoms with Gasteiger partial charge in [0.15, 0.2) is 0 Å². The summed E-state index contributed by atoms with van der Waals surface area (Å²) in [5, 5.41) is 10.1. The molecule has 9 atom stereocenters. The molecular weight excluding hydrogens is 532 g/mol. The molecule has 0 radical (unpaired) electrons. The second-order valence-corrected chi connectivity index (χ2v) is 12.1. The first-order chi connectivity index (χ1) is 19.4. The highest BCUT2D eigenvalue weighted by molar-refractivity contribution is 5.83. The van der Waals surface area contributed by atoms with Crippen molar-refractivity contribution >= 4 is 17.9 Å². The second kappa shape index (κ2) is 11.1. The summed E-state index contributed by atoms with van der Waals surface area (Å²) in [5.41, 5.74) is -0.846. The Labute approximate surface area is 240 Å². The van der Waals surface area contributed by atoms with Crippen LogP contribution in [0.25, 0.3) is 0 Å². The van der Waals surface area contributed by atoms with Crippen molar-refractivity contribution in [3.05, 3.63) is 47.6 Å². The summed E-state index contributed by atoms with van der Waals surface area (Å²) < 4.78 is 36.3. The Morgan fingerprint density at radius 3 is 2.59 bits per heavy atom. The first-order valence-electron chi connectivity index (χ1n) is 14.3. The average Bonchev–Trinajstić information content (AvgIpc) is 3.67. The molecule has 1 saturated carbocycles. The fourth-order valence-electron chi connectivity index (χ4n) is 7.17. The maximum atomic E-state index is 13.1. The summed E-state index contributed by atoms with van der Waals surface area (Å²) in [5.74, 6) is -1.48. The second-order valence-electron chi connectivity index (χ2n) is 12.1. The minimum Gasteiger partial charge on any atom is -0.462 e. The summed E-state index contributed by atoms with van der Waals surface area (Å²) in [6.07, 6.45) is 7.43. The number of rotatable bonds is 2. The number of cyclic esters (lactones) is 1. The Hall–Kier alpha value is -2.79. The molecule has 2 saturated heterocycles.